The second-order valence-electron chi connectivity index (χ2n) is 9.44. The largest absolute Gasteiger partial charge is 0.444 e. The highest BCUT2D eigenvalue weighted by Gasteiger charge is 2.38. The molecular weight excluding hydrogens is 346 g/mol. The molecule has 0 spiro atoms. The van der Waals surface area contributed by atoms with Crippen molar-refractivity contribution in [2.75, 3.05) is 7.05 Å². The number of rotatable bonds is 5. The van der Waals surface area contributed by atoms with Crippen molar-refractivity contribution in [2.45, 2.75) is 91.3 Å². The van der Waals surface area contributed by atoms with E-state index in [-0.39, 0.29) is 17.7 Å². The maximum absolute atomic E-state index is 13.0. The highest BCUT2D eigenvalue weighted by Crippen LogP contribution is 2.27. The van der Waals surface area contributed by atoms with E-state index in [1.54, 1.807) is 27.8 Å². The quantitative estimate of drug-likeness (QED) is 0.680. The smallest absolute Gasteiger partial charge is 0.408 e. The molecule has 0 bridgehead atoms. The molecule has 1 aliphatic carbocycles. The van der Waals surface area contributed by atoms with Gasteiger partial charge in [-0.25, -0.2) is 4.79 Å². The third kappa shape index (κ3) is 7.77. The lowest BCUT2D eigenvalue weighted by atomic mass is 9.82. The minimum Gasteiger partial charge on any atom is -0.444 e. The van der Waals surface area contributed by atoms with Crippen LogP contribution in [0.2, 0.25) is 0 Å². The molecule has 3 amide bonds. The van der Waals surface area contributed by atoms with Crippen molar-refractivity contribution in [1.82, 2.24) is 16.0 Å². The molecule has 0 aromatic heterocycles. The Morgan fingerprint density at radius 1 is 0.889 bits per heavy atom. The first-order valence-electron chi connectivity index (χ1n) is 9.86. The molecule has 0 aliphatic heterocycles. The number of ether oxygens (including phenoxy) is 1. The van der Waals surface area contributed by atoms with Gasteiger partial charge in [-0.3, -0.25) is 9.59 Å². The van der Waals surface area contributed by atoms with E-state index in [1.807, 2.05) is 20.8 Å². The zero-order valence-electron chi connectivity index (χ0n) is 17.9. The third-order valence-corrected chi connectivity index (χ3v) is 4.74. The fraction of sp³-hybridized carbons (Fsp3) is 0.850. The Bertz CT molecular complexity index is 528. The number of nitrogens with one attached hydrogen (secondary N) is 3. The van der Waals surface area contributed by atoms with Gasteiger partial charge in [-0.15, -0.1) is 0 Å². The van der Waals surface area contributed by atoms with Gasteiger partial charge in [0, 0.05) is 7.05 Å². The molecule has 1 rings (SSSR count). The second kappa shape index (κ2) is 9.42. The van der Waals surface area contributed by atoms with Crippen LogP contribution in [0.25, 0.3) is 0 Å². The summed E-state index contributed by atoms with van der Waals surface area (Å²) in [6, 6.07) is -1.41. The number of carbonyl (C=O) groups excluding carboxylic acids is 3. The third-order valence-electron chi connectivity index (χ3n) is 4.74. The predicted molar refractivity (Wildman–Crippen MR) is 105 cm³/mol. The molecule has 156 valence electrons. The van der Waals surface area contributed by atoms with Gasteiger partial charge in [0.15, 0.2) is 0 Å². The van der Waals surface area contributed by atoms with Gasteiger partial charge in [0.05, 0.1) is 0 Å². The van der Waals surface area contributed by atoms with Crippen molar-refractivity contribution in [1.29, 1.82) is 0 Å². The first kappa shape index (κ1) is 23.2. The van der Waals surface area contributed by atoms with E-state index in [2.05, 4.69) is 16.0 Å². The van der Waals surface area contributed by atoms with E-state index < -0.39 is 29.2 Å². The molecular formula is C20H37N3O4. The van der Waals surface area contributed by atoms with Crippen molar-refractivity contribution in [2.24, 2.45) is 11.3 Å². The van der Waals surface area contributed by atoms with E-state index in [0.717, 1.165) is 32.1 Å². The Kier molecular flexibility index (Phi) is 8.11. The minimum atomic E-state index is -0.817. The van der Waals surface area contributed by atoms with E-state index in [4.69, 9.17) is 4.74 Å². The van der Waals surface area contributed by atoms with Crippen molar-refractivity contribution in [3.8, 4) is 0 Å². The van der Waals surface area contributed by atoms with E-state index in [1.165, 1.54) is 0 Å². The van der Waals surface area contributed by atoms with Crippen LogP contribution in [0.5, 0.6) is 0 Å². The molecule has 1 aliphatic rings. The van der Waals surface area contributed by atoms with E-state index >= 15 is 0 Å². The Balaban J connectivity index is 2.92. The molecule has 1 fully saturated rings. The number of likely N-dealkylation sites (N-methyl/N-ethyl adjacent to an activating group) is 1. The predicted octanol–water partition coefficient (Wildman–Crippen LogP) is 2.74. The molecule has 1 unspecified atom stereocenters. The molecule has 2 atom stereocenters. The summed E-state index contributed by atoms with van der Waals surface area (Å²) in [6.07, 6.45) is 4.47. The van der Waals surface area contributed by atoms with Gasteiger partial charge in [-0.05, 0) is 44.9 Å². The number of amides is 3. The molecule has 0 saturated heterocycles. The summed E-state index contributed by atoms with van der Waals surface area (Å²) in [5.74, 6) is -0.447. The minimum absolute atomic E-state index is 0.116. The standard InChI is InChI=1S/C20H37N3O4/c1-19(2,3)15(23-18(26)27-20(4,5)6)17(25)22-14(16(24)21-7)13-11-9-8-10-12-13/h13-15H,8-12H2,1-7H3,(H,21,24)(H,22,25)(H,23,26)/t14?,15-/m1/s1. The Morgan fingerprint density at radius 2 is 1.44 bits per heavy atom. The summed E-state index contributed by atoms with van der Waals surface area (Å²) in [7, 11) is 1.57. The fourth-order valence-corrected chi connectivity index (χ4v) is 3.36. The van der Waals surface area contributed by atoms with Crippen molar-refractivity contribution < 1.29 is 19.1 Å². The topological polar surface area (TPSA) is 96.5 Å². The van der Waals surface area contributed by atoms with Crippen molar-refractivity contribution >= 4 is 17.9 Å². The summed E-state index contributed by atoms with van der Waals surface area (Å²) in [6.45, 7) is 10.9. The van der Waals surface area contributed by atoms with Gasteiger partial charge >= 0.3 is 6.09 Å². The molecule has 27 heavy (non-hydrogen) atoms. The monoisotopic (exact) mass is 383 g/mol. The van der Waals surface area contributed by atoms with Gasteiger partial charge < -0.3 is 20.7 Å². The summed E-state index contributed by atoms with van der Waals surface area (Å²) in [5.41, 5.74) is -1.20. The van der Waals surface area contributed by atoms with Crippen molar-refractivity contribution in [3.63, 3.8) is 0 Å². The Labute approximate surface area is 163 Å². The van der Waals surface area contributed by atoms with Crippen LogP contribution in [0, 0.1) is 11.3 Å². The van der Waals surface area contributed by atoms with Gasteiger partial charge in [0.2, 0.25) is 11.8 Å². The SMILES string of the molecule is CNC(=O)C(NC(=O)[C@@H](NC(=O)OC(C)(C)C)C(C)(C)C)C1CCCCC1. The second-order valence-corrected chi connectivity index (χ2v) is 9.44. The van der Waals surface area contributed by atoms with Crippen LogP contribution in [0.3, 0.4) is 0 Å². The molecule has 0 heterocycles. The maximum Gasteiger partial charge on any atom is 0.408 e. The number of hydrogen-bond acceptors (Lipinski definition) is 4. The molecule has 0 aromatic rings. The van der Waals surface area contributed by atoms with Crippen LogP contribution >= 0.6 is 0 Å². The van der Waals surface area contributed by atoms with Gasteiger partial charge in [0.25, 0.3) is 0 Å². The van der Waals surface area contributed by atoms with Gasteiger partial charge in [-0.2, -0.15) is 0 Å². The normalized spacial score (nSPS) is 18.2. The highest BCUT2D eigenvalue weighted by molar-refractivity contribution is 5.91. The average Bonchev–Trinajstić information content (AvgIpc) is 2.55. The average molecular weight is 384 g/mol. The van der Waals surface area contributed by atoms with Crippen LogP contribution in [-0.2, 0) is 14.3 Å². The summed E-state index contributed by atoms with van der Waals surface area (Å²) < 4.78 is 5.29. The molecule has 0 aromatic carbocycles. The maximum atomic E-state index is 13.0. The van der Waals surface area contributed by atoms with Gasteiger partial charge in [-0.1, -0.05) is 40.0 Å². The van der Waals surface area contributed by atoms with Crippen LogP contribution in [-0.4, -0.2) is 42.6 Å². The number of carbonyl (C=O) groups is 3. The van der Waals surface area contributed by atoms with Crippen molar-refractivity contribution in [3.05, 3.63) is 0 Å². The molecule has 7 heteroatoms. The lowest BCUT2D eigenvalue weighted by molar-refractivity contribution is -0.132. The van der Waals surface area contributed by atoms with E-state index in [0.29, 0.717) is 0 Å². The lowest BCUT2D eigenvalue weighted by Crippen LogP contribution is -2.59. The molecule has 1 saturated carbocycles. The summed E-state index contributed by atoms with van der Waals surface area (Å²) in [5, 5.41) is 8.22. The number of hydrogen-bond donors (Lipinski definition) is 3. The highest BCUT2D eigenvalue weighted by atomic mass is 16.6. The summed E-state index contributed by atoms with van der Waals surface area (Å²) in [4.78, 5) is 37.6. The molecule has 0 radical (unpaired) electrons. The van der Waals surface area contributed by atoms with Crippen LogP contribution in [0.1, 0.15) is 73.6 Å². The van der Waals surface area contributed by atoms with Crippen LogP contribution < -0.4 is 16.0 Å². The first-order chi connectivity index (χ1) is 12.3. The van der Waals surface area contributed by atoms with Crippen LogP contribution in [0.4, 0.5) is 4.79 Å². The number of alkyl carbamates (subject to hydrolysis) is 1. The van der Waals surface area contributed by atoms with Gasteiger partial charge in [0.1, 0.15) is 17.7 Å². The molecule has 3 N–H and O–H groups in total. The lowest BCUT2D eigenvalue weighted by Gasteiger charge is -2.35. The fourth-order valence-electron chi connectivity index (χ4n) is 3.36. The van der Waals surface area contributed by atoms with Crippen LogP contribution in [0.15, 0.2) is 0 Å². The van der Waals surface area contributed by atoms with E-state index in [9.17, 15) is 14.4 Å². The summed E-state index contributed by atoms with van der Waals surface area (Å²) >= 11 is 0. The first-order valence-corrected chi connectivity index (χ1v) is 9.86. The zero-order valence-corrected chi connectivity index (χ0v) is 17.9. The molecule has 7 nitrogen and oxygen atoms in total. The Hall–Kier alpha value is -1.79. The zero-order chi connectivity index (χ0) is 20.8. The Morgan fingerprint density at radius 3 is 1.89 bits per heavy atom.